The number of halogens is 1. The van der Waals surface area contributed by atoms with Crippen LogP contribution in [0.25, 0.3) is 0 Å². The number of amides is 5. The number of Topliss-reactive ketones (excluding diaryl/α,β-unsaturated/α-hetero) is 1. The minimum absolute atomic E-state index is 0.0747. The van der Waals surface area contributed by atoms with Gasteiger partial charge in [0.1, 0.15) is 54.2 Å². The van der Waals surface area contributed by atoms with Crippen molar-refractivity contribution in [3.05, 3.63) is 64.2 Å². The Hall–Kier alpha value is -5.39. The highest BCUT2D eigenvalue weighted by Crippen LogP contribution is 2.49. The van der Waals surface area contributed by atoms with E-state index in [0.29, 0.717) is 36.5 Å². The molecule has 21 nitrogen and oxygen atoms in total. The molecule has 2 fully saturated rings. The zero-order chi connectivity index (χ0) is 56.6. The quantitative estimate of drug-likeness (QED) is 0.0536. The lowest BCUT2D eigenvalue weighted by atomic mass is 9.83. The average Bonchev–Trinajstić information content (AvgIpc) is 4.19. The summed E-state index contributed by atoms with van der Waals surface area (Å²) in [6, 6.07) is 2.42. The van der Waals surface area contributed by atoms with Gasteiger partial charge in [-0.3, -0.25) is 19.7 Å². The van der Waals surface area contributed by atoms with Crippen LogP contribution in [-0.2, 0) is 65.2 Å². The number of hydrogen-bond donors (Lipinski definition) is 3. The second-order valence-corrected chi connectivity index (χ2v) is 21.5. The molecular formula is C54H78ClN5O16S. The number of nitrogens with one attached hydrogen (secondary N) is 2. The number of methoxy groups -OCH3 is 2. The number of thioether (sulfide) groups is 1. The van der Waals surface area contributed by atoms with Crippen LogP contribution in [0.15, 0.2) is 48.1 Å². The number of benzene rings is 1. The maximum Gasteiger partial charge on any atom is 0.410 e. The van der Waals surface area contributed by atoms with Gasteiger partial charge in [0.05, 0.1) is 43.1 Å². The third-order valence-electron chi connectivity index (χ3n) is 14.3. The van der Waals surface area contributed by atoms with Gasteiger partial charge in [-0.15, -0.1) is 0 Å². The molecule has 3 N–H and O–H groups in total. The van der Waals surface area contributed by atoms with E-state index in [1.165, 1.54) is 56.8 Å². The maximum absolute atomic E-state index is 14.1. The lowest BCUT2D eigenvalue weighted by Crippen LogP contribution is -2.63. The van der Waals surface area contributed by atoms with E-state index >= 15 is 0 Å². The van der Waals surface area contributed by atoms with Gasteiger partial charge in [-0.2, -0.15) is 11.8 Å². The van der Waals surface area contributed by atoms with E-state index in [1.54, 1.807) is 39.1 Å². The number of alkyl carbamates (subject to hydrolysis) is 1. The predicted octanol–water partition coefficient (Wildman–Crippen LogP) is 5.55. The van der Waals surface area contributed by atoms with Crippen LogP contribution in [0.5, 0.6) is 5.75 Å². The normalized spacial score (nSPS) is 28.4. The van der Waals surface area contributed by atoms with Gasteiger partial charge in [0.15, 0.2) is 5.72 Å². The summed E-state index contributed by atoms with van der Waals surface area (Å²) in [5, 5.41) is 17.4. The Morgan fingerprint density at radius 2 is 1.74 bits per heavy atom. The van der Waals surface area contributed by atoms with Crippen LogP contribution in [0.1, 0.15) is 83.8 Å². The number of rotatable bonds is 18. The fourth-order valence-corrected chi connectivity index (χ4v) is 10.1. The number of epoxide rings is 1. The lowest BCUT2D eigenvalue weighted by Gasteiger charge is -2.42. The smallest absolute Gasteiger partial charge is 0.410 e. The number of aliphatic hydroxyl groups is 1. The number of carbonyl (C=O) groups is 7. The molecule has 4 bridgehead atoms. The summed E-state index contributed by atoms with van der Waals surface area (Å²) in [5.41, 5.74) is -0.955. The number of likely N-dealkylation sites (N-methyl/N-ethyl adjacent to an activating group) is 3. The van der Waals surface area contributed by atoms with Gasteiger partial charge in [-0.25, -0.2) is 19.2 Å². The molecule has 2 aliphatic carbocycles. The number of nitrogens with zero attached hydrogens (tertiary/aromatic N) is 3. The van der Waals surface area contributed by atoms with Gasteiger partial charge in [0.25, 0.3) is 0 Å². The monoisotopic (exact) mass is 1120 g/mol. The van der Waals surface area contributed by atoms with Crippen molar-refractivity contribution in [1.82, 2.24) is 25.3 Å². The van der Waals surface area contributed by atoms with Crippen molar-refractivity contribution in [1.29, 1.82) is 0 Å². The molecule has 77 heavy (non-hydrogen) atoms. The summed E-state index contributed by atoms with van der Waals surface area (Å²) in [5.74, 6) is -1.69. The highest BCUT2D eigenvalue weighted by molar-refractivity contribution is 7.99. The lowest BCUT2D eigenvalue weighted by molar-refractivity contribution is -0.162. The number of ether oxygens (including phenoxy) is 8. The van der Waals surface area contributed by atoms with Crippen molar-refractivity contribution in [2.45, 2.75) is 139 Å². The summed E-state index contributed by atoms with van der Waals surface area (Å²) in [6.07, 6.45) is 6.69. The summed E-state index contributed by atoms with van der Waals surface area (Å²) < 4.78 is 46.6. The fourth-order valence-electron chi connectivity index (χ4n) is 9.45. The molecule has 2 heterocycles. The van der Waals surface area contributed by atoms with E-state index in [-0.39, 0.29) is 68.7 Å². The van der Waals surface area contributed by atoms with Crippen LogP contribution in [0, 0.1) is 5.92 Å². The number of fused-ring (bicyclic) bond motifs is 5. The van der Waals surface area contributed by atoms with Crippen molar-refractivity contribution in [2.24, 2.45) is 5.92 Å². The number of esters is 1. The van der Waals surface area contributed by atoms with Crippen LogP contribution in [0.3, 0.4) is 0 Å². The SMILES string of the molecule is COc1cc2cc(c1Cl)CC(=O)C[C@H](OC(=O)[C@H](C)N(C)C(=O)CCOC(=O)N(C)CCN(C)C(=O)OC1/C=C/CCCCC1OCCNC(=O)CSC)[C@]1(C)O[C@H]1[C@H](C)[C@@H]1C[C@@](O)(NC(=O)O1)[C@H](OC)/C=C/C=C(\C)C2. The molecule has 2 aliphatic heterocycles. The molecule has 2 unspecified atom stereocenters. The van der Waals surface area contributed by atoms with Crippen LogP contribution < -0.4 is 15.4 Å². The van der Waals surface area contributed by atoms with Gasteiger partial charge < -0.3 is 63.0 Å². The van der Waals surface area contributed by atoms with Crippen LogP contribution in [0.2, 0.25) is 5.02 Å². The average molecular weight is 1120 g/mol. The number of ketones is 1. The van der Waals surface area contributed by atoms with E-state index < -0.39 is 90.1 Å². The Morgan fingerprint density at radius 3 is 2.44 bits per heavy atom. The van der Waals surface area contributed by atoms with Gasteiger partial charge in [0, 0.05) is 73.1 Å². The van der Waals surface area contributed by atoms with E-state index in [4.69, 9.17) is 49.5 Å². The highest BCUT2D eigenvalue weighted by Gasteiger charge is 2.64. The number of allylic oxidation sites excluding steroid dienone is 4. The maximum atomic E-state index is 14.1. The molecule has 1 aromatic carbocycles. The van der Waals surface area contributed by atoms with Crippen LogP contribution in [-0.4, -0.2) is 196 Å². The molecule has 0 saturated carbocycles. The molecule has 1 aromatic rings. The zero-order valence-corrected chi connectivity index (χ0v) is 47.5. The Balaban J connectivity index is 1.19. The molecular weight excluding hydrogens is 1040 g/mol. The first-order chi connectivity index (χ1) is 36.5. The van der Waals surface area contributed by atoms with Gasteiger partial charge in [-0.05, 0) is 76.0 Å². The van der Waals surface area contributed by atoms with Crippen LogP contribution in [0.4, 0.5) is 14.4 Å². The van der Waals surface area contributed by atoms with E-state index in [9.17, 15) is 38.7 Å². The second-order valence-electron chi connectivity index (χ2n) is 20.3. The molecule has 428 valence electrons. The largest absolute Gasteiger partial charge is 0.495 e. The van der Waals surface area contributed by atoms with Crippen LogP contribution >= 0.6 is 23.4 Å². The molecule has 10 atom stereocenters. The van der Waals surface area contributed by atoms with E-state index in [0.717, 1.165) is 35.3 Å². The highest BCUT2D eigenvalue weighted by atomic mass is 35.5. The molecule has 0 aromatic heterocycles. The Morgan fingerprint density at radius 1 is 1.01 bits per heavy atom. The molecule has 2 saturated heterocycles. The number of hydrogen-bond acceptors (Lipinski definition) is 17. The Labute approximate surface area is 460 Å². The first kappa shape index (κ1) is 62.5. The van der Waals surface area contributed by atoms with Crippen molar-refractivity contribution in [3.8, 4) is 5.75 Å². The third-order valence-corrected chi connectivity index (χ3v) is 15.3. The first-order valence-corrected chi connectivity index (χ1v) is 27.7. The van der Waals surface area contributed by atoms with E-state index in [1.807, 2.05) is 37.5 Å². The van der Waals surface area contributed by atoms with Crippen molar-refractivity contribution >= 4 is 65.2 Å². The zero-order valence-electron chi connectivity index (χ0n) is 46.0. The van der Waals surface area contributed by atoms with Gasteiger partial charge in [0.2, 0.25) is 11.8 Å². The number of carbonyl (C=O) groups excluding carboxylic acids is 7. The minimum Gasteiger partial charge on any atom is -0.495 e. The van der Waals surface area contributed by atoms with Gasteiger partial charge in [-0.1, -0.05) is 60.9 Å². The summed E-state index contributed by atoms with van der Waals surface area (Å²) in [4.78, 5) is 96.4. The molecule has 23 heteroatoms. The molecule has 5 rings (SSSR count). The van der Waals surface area contributed by atoms with Crippen molar-refractivity contribution in [3.63, 3.8) is 0 Å². The minimum atomic E-state index is -1.88. The summed E-state index contributed by atoms with van der Waals surface area (Å²) >= 11 is 8.19. The summed E-state index contributed by atoms with van der Waals surface area (Å²) in [6.45, 7) is 7.26. The molecule has 0 spiro atoms. The molecule has 0 radical (unpaired) electrons. The third kappa shape index (κ3) is 17.6. The van der Waals surface area contributed by atoms with E-state index in [2.05, 4.69) is 10.6 Å². The molecule has 4 aliphatic rings. The second kappa shape index (κ2) is 29.0. The predicted molar refractivity (Wildman–Crippen MR) is 286 cm³/mol. The van der Waals surface area contributed by atoms with Crippen molar-refractivity contribution < 1.29 is 76.6 Å². The fraction of sp³-hybridized carbons (Fsp3) is 0.648. The Bertz CT molecular complexity index is 2360. The summed E-state index contributed by atoms with van der Waals surface area (Å²) in [7, 11) is 7.32. The topological polar surface area (TPSA) is 251 Å². The van der Waals surface area contributed by atoms with Gasteiger partial charge >= 0.3 is 24.2 Å². The van der Waals surface area contributed by atoms with Crippen molar-refractivity contribution in [2.75, 3.05) is 80.2 Å². The molecule has 5 amide bonds. The standard InChI is InChI=1S/C54H78ClN5O16S/c1-33-16-15-19-43(70-9)54(68)31-42(73-50(65)57-54)34(2)48-53(4,76-48)44(30-38(61)29-37-27-36(26-33)28-41(69-8)47(37)55)75-49(64)35(3)60(7)46(63)20-24-72-51(66)58(5)22-23-59(6)52(67)74-40-18-14-12-11-13-17-39(40)71-25-21-56-45(62)32-77-10/h14-16,18-19,27-28,34-35,39-40,42-44,48,68H,11-13,17,20-26,29-32H2,1-10H3,(H,56,62)(H,57,65)/b18-14+,19-15+,33-16+/t34-,35+,39?,40?,42+,43-,44+,48+,53+,54+/m1/s1. The first-order valence-electron chi connectivity index (χ1n) is 26.0. The Kier molecular flexibility index (Phi) is 23.5.